The molecule has 2 aromatic carbocycles. The van der Waals surface area contributed by atoms with Gasteiger partial charge in [-0.05, 0) is 17.3 Å². The predicted molar refractivity (Wildman–Crippen MR) is 95.2 cm³/mol. The lowest BCUT2D eigenvalue weighted by Crippen LogP contribution is -2.00. The molecule has 0 radical (unpaired) electrons. The van der Waals surface area contributed by atoms with E-state index < -0.39 is 0 Å². The number of hydrogen-bond donors (Lipinski definition) is 0. The number of nitrogens with zero attached hydrogens (tertiary/aromatic N) is 7. The van der Waals surface area contributed by atoms with Gasteiger partial charge in [-0.3, -0.25) is 4.57 Å². The van der Waals surface area contributed by atoms with Gasteiger partial charge in [-0.1, -0.05) is 60.3 Å². The van der Waals surface area contributed by atoms with E-state index >= 15 is 0 Å². The minimum Gasteiger partial charge on any atom is -0.270 e. The van der Waals surface area contributed by atoms with E-state index in [0.717, 1.165) is 22.2 Å². The summed E-state index contributed by atoms with van der Waals surface area (Å²) in [6.45, 7) is 0. The van der Waals surface area contributed by atoms with Gasteiger partial charge in [-0.15, -0.1) is 20.4 Å². The Bertz CT molecular complexity index is 963. The van der Waals surface area contributed by atoms with E-state index in [4.69, 9.17) is 0 Å². The number of benzene rings is 2. The molecule has 0 spiro atoms. The number of rotatable bonds is 5. The molecular formula is C17H15N7S. The highest BCUT2D eigenvalue weighted by atomic mass is 32.2. The van der Waals surface area contributed by atoms with Crippen LogP contribution >= 0.6 is 11.8 Å². The van der Waals surface area contributed by atoms with Crippen molar-refractivity contribution in [1.29, 1.82) is 0 Å². The summed E-state index contributed by atoms with van der Waals surface area (Å²) >= 11 is 1.53. The van der Waals surface area contributed by atoms with Crippen molar-refractivity contribution >= 4 is 11.8 Å². The molecule has 0 saturated carbocycles. The van der Waals surface area contributed by atoms with Gasteiger partial charge in [0.05, 0.1) is 12.8 Å². The molecule has 0 saturated heterocycles. The highest BCUT2D eigenvalue weighted by Crippen LogP contribution is 2.28. The maximum Gasteiger partial charge on any atom is 0.196 e. The first-order valence-electron chi connectivity index (χ1n) is 7.73. The largest absolute Gasteiger partial charge is 0.270 e. The molecule has 0 unspecified atom stereocenters. The van der Waals surface area contributed by atoms with Crippen molar-refractivity contribution in [2.24, 2.45) is 7.05 Å². The molecule has 0 fully saturated rings. The van der Waals surface area contributed by atoms with Crippen molar-refractivity contribution in [3.8, 4) is 17.1 Å². The molecule has 25 heavy (non-hydrogen) atoms. The Balaban J connectivity index is 1.73. The molecule has 0 aliphatic heterocycles. The minimum absolute atomic E-state index is 0.577. The summed E-state index contributed by atoms with van der Waals surface area (Å²) in [5.74, 6) is 2.05. The number of hydrogen-bond acceptors (Lipinski definition) is 6. The average Bonchev–Trinajstić information content (AvgIpc) is 3.27. The number of aromatic nitrogens is 7. The van der Waals surface area contributed by atoms with Crippen LogP contribution in [0.3, 0.4) is 0 Å². The van der Waals surface area contributed by atoms with Crippen molar-refractivity contribution < 1.29 is 0 Å². The predicted octanol–water partition coefficient (Wildman–Crippen LogP) is 2.75. The summed E-state index contributed by atoms with van der Waals surface area (Å²) in [7, 11) is 1.75. The quantitative estimate of drug-likeness (QED) is 0.516. The van der Waals surface area contributed by atoms with Gasteiger partial charge in [-0.25, -0.2) is 0 Å². The minimum atomic E-state index is 0.577. The van der Waals surface area contributed by atoms with Crippen LogP contribution in [0.1, 0.15) is 5.82 Å². The summed E-state index contributed by atoms with van der Waals surface area (Å²) in [6.07, 6.45) is 0. The Labute approximate surface area is 148 Å². The Morgan fingerprint density at radius 3 is 2.28 bits per heavy atom. The second kappa shape index (κ2) is 6.86. The van der Waals surface area contributed by atoms with Gasteiger partial charge in [0.1, 0.15) is 0 Å². The van der Waals surface area contributed by atoms with Crippen LogP contribution in [0.25, 0.3) is 17.1 Å². The number of para-hydroxylation sites is 1. The lowest BCUT2D eigenvalue weighted by atomic mass is 10.2. The molecule has 0 aliphatic rings. The van der Waals surface area contributed by atoms with Gasteiger partial charge in [0.25, 0.3) is 0 Å². The van der Waals surface area contributed by atoms with Gasteiger partial charge < -0.3 is 0 Å². The van der Waals surface area contributed by atoms with E-state index in [-0.39, 0.29) is 0 Å². The highest BCUT2D eigenvalue weighted by Gasteiger charge is 2.16. The fourth-order valence-corrected chi connectivity index (χ4v) is 3.25. The van der Waals surface area contributed by atoms with Gasteiger partial charge in [0.2, 0.25) is 0 Å². The summed E-state index contributed by atoms with van der Waals surface area (Å²) in [4.78, 5) is 1.45. The monoisotopic (exact) mass is 349 g/mol. The van der Waals surface area contributed by atoms with Crippen molar-refractivity contribution in [3.05, 3.63) is 66.5 Å². The van der Waals surface area contributed by atoms with Crippen LogP contribution in [0.4, 0.5) is 0 Å². The van der Waals surface area contributed by atoms with Crippen LogP contribution in [0.5, 0.6) is 0 Å². The molecule has 8 heteroatoms. The summed E-state index contributed by atoms with van der Waals surface area (Å²) in [5.41, 5.74) is 2.03. The van der Waals surface area contributed by atoms with Crippen LogP contribution < -0.4 is 0 Å². The fraction of sp³-hybridized carbons (Fsp3) is 0.118. The third-order valence-corrected chi connectivity index (χ3v) is 4.48. The molecule has 2 aromatic heterocycles. The van der Waals surface area contributed by atoms with Gasteiger partial charge in [-0.2, -0.15) is 4.80 Å². The summed E-state index contributed by atoms with van der Waals surface area (Å²) in [6, 6.07) is 20.1. The van der Waals surface area contributed by atoms with Gasteiger partial charge in [0, 0.05) is 11.3 Å². The third kappa shape index (κ3) is 3.29. The zero-order chi connectivity index (χ0) is 17.1. The Kier molecular flexibility index (Phi) is 4.26. The van der Waals surface area contributed by atoms with Gasteiger partial charge in [0.15, 0.2) is 16.8 Å². The first-order chi connectivity index (χ1) is 12.3. The van der Waals surface area contributed by atoms with Crippen molar-refractivity contribution in [3.63, 3.8) is 0 Å². The lowest BCUT2D eigenvalue weighted by Gasteiger charge is -2.09. The number of aryl methyl sites for hydroxylation is 1. The fourth-order valence-electron chi connectivity index (χ4n) is 2.46. The molecule has 7 nitrogen and oxygen atoms in total. The van der Waals surface area contributed by atoms with Crippen molar-refractivity contribution in [2.75, 3.05) is 0 Å². The standard InChI is InChI=1S/C17H15N7S/c1-23-21-15(18-22-23)12-25-17-20-19-16(13-8-4-2-5-9-13)24(17)14-10-6-3-7-11-14/h2-11H,12H2,1H3. The molecule has 0 amide bonds. The lowest BCUT2D eigenvalue weighted by molar-refractivity contribution is 0.628. The van der Waals surface area contributed by atoms with E-state index in [2.05, 4.69) is 30.2 Å². The summed E-state index contributed by atoms with van der Waals surface area (Å²) in [5, 5.41) is 21.7. The maximum absolute atomic E-state index is 4.41. The topological polar surface area (TPSA) is 74.3 Å². The molecule has 4 aromatic rings. The molecule has 0 N–H and O–H groups in total. The molecule has 2 heterocycles. The molecular weight excluding hydrogens is 334 g/mol. The molecule has 4 rings (SSSR count). The van der Waals surface area contributed by atoms with Gasteiger partial charge >= 0.3 is 0 Å². The van der Waals surface area contributed by atoms with E-state index in [0.29, 0.717) is 11.6 Å². The van der Waals surface area contributed by atoms with E-state index in [1.165, 1.54) is 16.6 Å². The number of thioether (sulfide) groups is 1. The molecule has 124 valence electrons. The van der Waals surface area contributed by atoms with Crippen LogP contribution in [0, 0.1) is 0 Å². The first-order valence-corrected chi connectivity index (χ1v) is 8.72. The van der Waals surface area contributed by atoms with Crippen molar-refractivity contribution in [1.82, 2.24) is 35.0 Å². The third-order valence-electron chi connectivity index (χ3n) is 3.56. The number of tetrazole rings is 1. The van der Waals surface area contributed by atoms with Crippen LogP contribution in [-0.2, 0) is 12.8 Å². The van der Waals surface area contributed by atoms with E-state index in [9.17, 15) is 0 Å². The van der Waals surface area contributed by atoms with E-state index in [1.54, 1.807) is 7.05 Å². The Hall–Kier alpha value is -3.00. The van der Waals surface area contributed by atoms with Crippen LogP contribution in [0.2, 0.25) is 0 Å². The molecule has 0 aliphatic carbocycles. The SMILES string of the molecule is Cn1nnc(CSc2nnc(-c3ccccc3)n2-c2ccccc2)n1. The molecule has 0 atom stereocenters. The van der Waals surface area contributed by atoms with Crippen LogP contribution in [0.15, 0.2) is 65.8 Å². The first kappa shape index (κ1) is 15.5. The van der Waals surface area contributed by atoms with Crippen molar-refractivity contribution in [2.45, 2.75) is 10.9 Å². The second-order valence-corrected chi connectivity index (χ2v) is 6.27. The Morgan fingerprint density at radius 1 is 0.880 bits per heavy atom. The zero-order valence-corrected chi connectivity index (χ0v) is 14.3. The smallest absolute Gasteiger partial charge is 0.196 e. The zero-order valence-electron chi connectivity index (χ0n) is 13.5. The summed E-state index contributed by atoms with van der Waals surface area (Å²) < 4.78 is 2.05. The van der Waals surface area contributed by atoms with Crippen LogP contribution in [-0.4, -0.2) is 35.0 Å². The van der Waals surface area contributed by atoms with E-state index in [1.807, 2.05) is 60.7 Å². The highest BCUT2D eigenvalue weighted by molar-refractivity contribution is 7.98. The molecule has 0 bridgehead atoms. The maximum atomic E-state index is 4.41. The normalized spacial score (nSPS) is 10.9. The average molecular weight is 349 g/mol. The second-order valence-electron chi connectivity index (χ2n) is 5.33. The Morgan fingerprint density at radius 2 is 1.60 bits per heavy atom.